The summed E-state index contributed by atoms with van der Waals surface area (Å²) in [6.45, 7) is 0. The molecule has 0 atom stereocenters. The molecule has 7 nitrogen and oxygen atoms in total. The van der Waals surface area contributed by atoms with E-state index in [4.69, 9.17) is 15.1 Å². The molecule has 0 aromatic carbocycles. The van der Waals surface area contributed by atoms with E-state index in [9.17, 15) is 18.6 Å². The van der Waals surface area contributed by atoms with Crippen LogP contribution in [0, 0.1) is 0 Å². The van der Waals surface area contributed by atoms with Gasteiger partial charge in [0.1, 0.15) is 0 Å². The van der Waals surface area contributed by atoms with Crippen LogP contribution in [-0.2, 0) is 19.5 Å². The summed E-state index contributed by atoms with van der Waals surface area (Å²) in [5.74, 6) is -4.04. The maximum absolute atomic E-state index is 10.5. The molecule has 0 spiro atoms. The van der Waals surface area contributed by atoms with E-state index in [-0.39, 0.29) is 58.2 Å². The van der Waals surface area contributed by atoms with Gasteiger partial charge in [0.25, 0.3) is 0 Å². The Bertz CT molecular complexity index is 137. The van der Waals surface area contributed by atoms with Gasteiger partial charge in [-0.1, -0.05) is 0 Å². The summed E-state index contributed by atoms with van der Waals surface area (Å²) in [5.41, 5.74) is 0. The quantitative estimate of drug-likeness (QED) is 0.322. The van der Waals surface area contributed by atoms with Gasteiger partial charge in [-0.3, -0.25) is 0 Å². The third-order valence-corrected chi connectivity index (χ3v) is 0.307. The van der Waals surface area contributed by atoms with E-state index in [2.05, 4.69) is 9.88 Å². The molecule has 72 valence electrons. The van der Waals surface area contributed by atoms with Gasteiger partial charge in [0.15, 0.2) is 0 Å². The van der Waals surface area contributed by atoms with E-state index in [1.54, 1.807) is 0 Å². The van der Waals surface area contributed by atoms with Crippen LogP contribution in [0.3, 0.4) is 0 Å². The number of rotatable bonds is 0. The third-order valence-electron chi connectivity index (χ3n) is 0.307. The minimum atomic E-state index is -2.17. The molecule has 0 aromatic heterocycles. The average molecular weight is 274 g/mol. The second-order valence-electron chi connectivity index (χ2n) is 1.08. The average Bonchev–Trinajstić information content (AvgIpc) is 2.00. The Labute approximate surface area is 119 Å². The van der Waals surface area contributed by atoms with Crippen LogP contribution in [0.1, 0.15) is 0 Å². The van der Waals surface area contributed by atoms with Crippen molar-refractivity contribution in [2.45, 2.75) is 0 Å². The van der Waals surface area contributed by atoms with Crippen molar-refractivity contribution in [3.63, 3.8) is 0 Å². The van der Waals surface area contributed by atoms with Crippen LogP contribution >= 0.6 is 0 Å². The van der Waals surface area contributed by atoms with Crippen LogP contribution in [0.5, 0.6) is 0 Å². The summed E-state index contributed by atoms with van der Waals surface area (Å²) in [4.78, 5) is 23.4. The molecule has 0 saturated heterocycles. The molecular weight excluding hydrogens is 270 g/mol. The monoisotopic (exact) mass is 274 g/mol. The van der Waals surface area contributed by atoms with Gasteiger partial charge in [-0.15, -0.1) is 0 Å². The van der Waals surface area contributed by atoms with Gasteiger partial charge < -0.3 is 15.1 Å². The van der Waals surface area contributed by atoms with Crippen LogP contribution in [0.15, 0.2) is 0 Å². The fourth-order valence-electron chi connectivity index (χ4n) is 0.0630. The Hall–Kier alpha value is 0.550. The molecule has 0 fully saturated rings. The summed E-state index contributed by atoms with van der Waals surface area (Å²) >= 11 is 0. The van der Waals surface area contributed by atoms with Crippen LogP contribution < -0.4 is 0 Å². The second kappa shape index (κ2) is 12.6. The van der Waals surface area contributed by atoms with Crippen LogP contribution in [0.2, 0.25) is 0 Å². The molecule has 0 heterocycles. The summed E-state index contributed by atoms with van der Waals surface area (Å²) in [6, 6.07) is 0. The molecule has 0 saturated carbocycles. The van der Waals surface area contributed by atoms with Crippen molar-refractivity contribution >= 4 is 77.4 Å². The van der Waals surface area contributed by atoms with Crippen molar-refractivity contribution < 1.29 is 43.6 Å². The number of carbonyl (C=O) groups excluding carboxylic acids is 2. The van der Waals surface area contributed by atoms with E-state index >= 15 is 0 Å². The van der Waals surface area contributed by atoms with Gasteiger partial charge in [0.2, 0.25) is 0 Å². The van der Waals surface area contributed by atoms with Crippen LogP contribution in [-0.4, -0.2) is 92.5 Å². The Morgan fingerprint density at radius 1 is 1.00 bits per heavy atom. The van der Waals surface area contributed by atoms with Gasteiger partial charge >= 0.3 is 77.4 Å². The Kier molecular flexibility index (Phi) is 18.5. The Morgan fingerprint density at radius 2 is 1.15 bits per heavy atom. The summed E-state index contributed by atoms with van der Waals surface area (Å²) in [6.07, 6.45) is 0. The molecule has 0 bridgehead atoms. The first-order valence-electron chi connectivity index (χ1n) is 2.15. The SMILES string of the molecule is O=C(OF)C(=O)OF.OB(O)O.[RbH]. The zero-order chi connectivity index (χ0) is 10.1. The van der Waals surface area contributed by atoms with E-state index in [0.717, 1.165) is 0 Å². The molecule has 0 unspecified atom stereocenters. The first-order chi connectivity index (χ1) is 5.45. The molecule has 11 heteroatoms. The number of hydrogen-bond acceptors (Lipinski definition) is 7. The molecule has 0 aliphatic heterocycles. The zero-order valence-corrected chi connectivity index (χ0v) is 5.31. The van der Waals surface area contributed by atoms with Crippen molar-refractivity contribution in [2.75, 3.05) is 0 Å². The second-order valence-corrected chi connectivity index (χ2v) is 1.08. The fourth-order valence-corrected chi connectivity index (χ4v) is 0.0630. The molecule has 0 radical (unpaired) electrons. The molecule has 13 heavy (non-hydrogen) atoms. The fraction of sp³-hybridized carbons (Fsp3) is 0. The Balaban J connectivity index is -0.000000173. The Morgan fingerprint density at radius 3 is 1.23 bits per heavy atom. The normalized spacial score (nSPS) is 6.85. The standard InChI is InChI=1S/C2F2O4.BH3O3.Rb.H/c3-7-1(5)2(6)8-4;2-1(3)4;;/h;2-4H;;. The van der Waals surface area contributed by atoms with Crippen LogP contribution in [0.25, 0.3) is 0 Å². The maximum atomic E-state index is 10.5. The van der Waals surface area contributed by atoms with Crippen molar-refractivity contribution in [1.29, 1.82) is 0 Å². The van der Waals surface area contributed by atoms with E-state index in [1.165, 1.54) is 0 Å². The third kappa shape index (κ3) is 19.1. The van der Waals surface area contributed by atoms with E-state index < -0.39 is 19.3 Å². The molecule has 3 N–H and O–H groups in total. The summed E-state index contributed by atoms with van der Waals surface area (Å²) < 4.78 is 21.0. The molecule has 0 rings (SSSR count). The van der Waals surface area contributed by atoms with Crippen LogP contribution in [0.4, 0.5) is 9.05 Å². The van der Waals surface area contributed by atoms with Gasteiger partial charge in [0, 0.05) is 9.05 Å². The first kappa shape index (κ1) is 19.2. The zero-order valence-electron chi connectivity index (χ0n) is 5.31. The van der Waals surface area contributed by atoms with E-state index in [0.29, 0.717) is 0 Å². The molecule has 0 aromatic rings. The van der Waals surface area contributed by atoms with Gasteiger partial charge in [0.05, 0.1) is 0 Å². The summed E-state index contributed by atoms with van der Waals surface area (Å²) in [5, 5.41) is 21.5. The predicted molar refractivity (Wildman–Crippen MR) is 34.0 cm³/mol. The molecule has 0 aliphatic rings. The van der Waals surface area contributed by atoms with Crippen molar-refractivity contribution in [3.8, 4) is 0 Å². The van der Waals surface area contributed by atoms with Crippen molar-refractivity contribution in [1.82, 2.24) is 0 Å². The number of carbonyl (C=O) groups is 2. The molecular formula is C2H4BF2O7Rb. The number of halogens is 2. The predicted octanol–water partition coefficient (Wildman–Crippen LogP) is -2.86. The van der Waals surface area contributed by atoms with E-state index in [1.807, 2.05) is 0 Å². The molecule has 0 amide bonds. The summed E-state index contributed by atoms with van der Waals surface area (Å²) in [7, 11) is -2.17. The van der Waals surface area contributed by atoms with Crippen molar-refractivity contribution in [3.05, 3.63) is 0 Å². The number of hydrogen-bond donors (Lipinski definition) is 3. The molecule has 0 aliphatic carbocycles. The van der Waals surface area contributed by atoms with Crippen molar-refractivity contribution in [2.24, 2.45) is 0 Å². The topological polar surface area (TPSA) is 113 Å². The minimum absolute atomic E-state index is 0. The first-order valence-corrected chi connectivity index (χ1v) is 2.15. The van der Waals surface area contributed by atoms with Gasteiger partial charge in [-0.2, -0.15) is 0 Å². The van der Waals surface area contributed by atoms with Gasteiger partial charge in [-0.25, -0.2) is 19.5 Å². The van der Waals surface area contributed by atoms with Gasteiger partial charge in [-0.05, 0) is 0 Å².